The largest absolute Gasteiger partial charge is 0.381 e. The second-order valence-electron chi connectivity index (χ2n) is 6.77. The highest BCUT2D eigenvalue weighted by Gasteiger charge is 2.36. The molecule has 0 aromatic heterocycles. The van der Waals surface area contributed by atoms with Crippen molar-refractivity contribution in [2.75, 3.05) is 32.8 Å². The fourth-order valence-corrected chi connectivity index (χ4v) is 3.78. The minimum Gasteiger partial charge on any atom is -0.381 e. The van der Waals surface area contributed by atoms with Crippen LogP contribution in [0.1, 0.15) is 44.9 Å². The molecule has 20 heavy (non-hydrogen) atoms. The van der Waals surface area contributed by atoms with E-state index in [-0.39, 0.29) is 11.8 Å². The molecular formula is C16H28N2O2. The second kappa shape index (κ2) is 6.90. The number of amides is 1. The van der Waals surface area contributed by atoms with Crippen LogP contribution in [0.15, 0.2) is 0 Å². The molecule has 1 atom stereocenters. The minimum atomic E-state index is 0.237. The van der Waals surface area contributed by atoms with Crippen LogP contribution in [0.2, 0.25) is 0 Å². The van der Waals surface area contributed by atoms with Crippen molar-refractivity contribution in [3.8, 4) is 0 Å². The van der Waals surface area contributed by atoms with Crippen LogP contribution < -0.4 is 5.32 Å². The molecule has 0 radical (unpaired) electrons. The molecule has 4 heteroatoms. The predicted octanol–water partition coefficient (Wildman–Crippen LogP) is 1.79. The number of rotatable bonds is 4. The van der Waals surface area contributed by atoms with E-state index in [1.165, 1.54) is 38.5 Å². The number of likely N-dealkylation sites (tertiary alicyclic amines) is 1. The van der Waals surface area contributed by atoms with Crippen molar-refractivity contribution < 1.29 is 9.53 Å². The van der Waals surface area contributed by atoms with Crippen molar-refractivity contribution >= 4 is 5.91 Å². The van der Waals surface area contributed by atoms with Crippen LogP contribution in [0.5, 0.6) is 0 Å². The van der Waals surface area contributed by atoms with Gasteiger partial charge in [0, 0.05) is 32.3 Å². The van der Waals surface area contributed by atoms with Crippen molar-refractivity contribution in [1.82, 2.24) is 10.2 Å². The van der Waals surface area contributed by atoms with Gasteiger partial charge in [-0.25, -0.2) is 0 Å². The van der Waals surface area contributed by atoms with Gasteiger partial charge in [0.1, 0.15) is 0 Å². The van der Waals surface area contributed by atoms with E-state index in [4.69, 9.17) is 4.74 Å². The maximum atomic E-state index is 12.1. The zero-order valence-electron chi connectivity index (χ0n) is 12.5. The fraction of sp³-hybridized carbons (Fsp3) is 0.938. The first-order valence-corrected chi connectivity index (χ1v) is 8.42. The van der Waals surface area contributed by atoms with E-state index in [0.717, 1.165) is 45.3 Å². The Labute approximate surface area is 122 Å². The fourth-order valence-electron chi connectivity index (χ4n) is 3.78. The van der Waals surface area contributed by atoms with Gasteiger partial charge in [-0.15, -0.1) is 0 Å². The summed E-state index contributed by atoms with van der Waals surface area (Å²) in [5, 5.41) is 3.13. The van der Waals surface area contributed by atoms with Gasteiger partial charge in [-0.1, -0.05) is 19.3 Å². The van der Waals surface area contributed by atoms with E-state index in [1.807, 2.05) is 0 Å². The summed E-state index contributed by atoms with van der Waals surface area (Å²) in [6, 6.07) is 0.763. The third-order valence-electron chi connectivity index (χ3n) is 5.19. The van der Waals surface area contributed by atoms with Crippen molar-refractivity contribution in [3.63, 3.8) is 0 Å². The molecule has 0 spiro atoms. The molecule has 3 fully saturated rings. The Morgan fingerprint density at radius 3 is 2.60 bits per heavy atom. The number of ether oxygens (including phenoxy) is 1. The third kappa shape index (κ3) is 3.53. The van der Waals surface area contributed by atoms with Crippen LogP contribution in [0, 0.1) is 11.8 Å². The molecule has 0 aromatic carbocycles. The van der Waals surface area contributed by atoms with E-state index in [0.29, 0.717) is 5.92 Å². The molecular weight excluding hydrogens is 252 g/mol. The van der Waals surface area contributed by atoms with Crippen LogP contribution in [-0.4, -0.2) is 49.7 Å². The Morgan fingerprint density at radius 1 is 1.10 bits per heavy atom. The zero-order valence-corrected chi connectivity index (χ0v) is 12.5. The average molecular weight is 280 g/mol. The van der Waals surface area contributed by atoms with Gasteiger partial charge in [0.15, 0.2) is 0 Å². The first kappa shape index (κ1) is 14.3. The Bertz CT molecular complexity index is 316. The van der Waals surface area contributed by atoms with Gasteiger partial charge in [-0.2, -0.15) is 0 Å². The number of nitrogens with one attached hydrogen (secondary N) is 1. The smallest absolute Gasteiger partial charge is 0.225 e. The van der Waals surface area contributed by atoms with E-state index < -0.39 is 0 Å². The molecule has 0 bridgehead atoms. The summed E-state index contributed by atoms with van der Waals surface area (Å²) < 4.78 is 5.45. The van der Waals surface area contributed by atoms with Crippen LogP contribution in [0.4, 0.5) is 0 Å². The van der Waals surface area contributed by atoms with Crippen molar-refractivity contribution in [2.24, 2.45) is 11.8 Å². The molecule has 0 aromatic rings. The molecule has 2 saturated heterocycles. The Balaban J connectivity index is 1.33. The van der Waals surface area contributed by atoms with Crippen LogP contribution in [0.25, 0.3) is 0 Å². The van der Waals surface area contributed by atoms with E-state index in [1.54, 1.807) is 0 Å². The van der Waals surface area contributed by atoms with E-state index >= 15 is 0 Å². The Morgan fingerprint density at radius 2 is 1.90 bits per heavy atom. The molecule has 2 heterocycles. The number of nitrogens with zero attached hydrogens (tertiary/aromatic N) is 1. The van der Waals surface area contributed by atoms with Crippen LogP contribution in [-0.2, 0) is 9.53 Å². The maximum absolute atomic E-state index is 12.1. The van der Waals surface area contributed by atoms with Gasteiger partial charge in [0.05, 0.1) is 12.5 Å². The highest BCUT2D eigenvalue weighted by Crippen LogP contribution is 2.28. The summed E-state index contributed by atoms with van der Waals surface area (Å²) in [6.45, 7) is 4.48. The van der Waals surface area contributed by atoms with Gasteiger partial charge in [0.2, 0.25) is 5.91 Å². The number of hydrogen-bond donors (Lipinski definition) is 1. The normalized spacial score (nSPS) is 29.9. The summed E-state index contributed by atoms with van der Waals surface area (Å²) in [7, 11) is 0. The predicted molar refractivity (Wildman–Crippen MR) is 78.5 cm³/mol. The standard InChI is InChI=1S/C16H28N2O2/c19-16(17-9-13-5-4-8-20-12-13)14-10-18(11-14)15-6-2-1-3-7-15/h13-15H,1-12H2,(H,17,19)/t13-/m0/s1. The molecule has 1 amide bonds. The average Bonchev–Trinajstić information content (AvgIpc) is 2.46. The second-order valence-corrected chi connectivity index (χ2v) is 6.77. The van der Waals surface area contributed by atoms with Gasteiger partial charge in [-0.05, 0) is 31.6 Å². The first-order valence-electron chi connectivity index (χ1n) is 8.42. The summed E-state index contributed by atoms with van der Waals surface area (Å²) >= 11 is 0. The molecule has 3 aliphatic rings. The zero-order chi connectivity index (χ0) is 13.8. The minimum absolute atomic E-state index is 0.237. The highest BCUT2D eigenvalue weighted by atomic mass is 16.5. The molecule has 0 unspecified atom stereocenters. The van der Waals surface area contributed by atoms with Crippen LogP contribution in [0.3, 0.4) is 0 Å². The van der Waals surface area contributed by atoms with Gasteiger partial charge >= 0.3 is 0 Å². The van der Waals surface area contributed by atoms with Crippen molar-refractivity contribution in [2.45, 2.75) is 51.0 Å². The Hall–Kier alpha value is -0.610. The molecule has 2 aliphatic heterocycles. The van der Waals surface area contributed by atoms with Crippen molar-refractivity contribution in [1.29, 1.82) is 0 Å². The Kier molecular flexibility index (Phi) is 4.94. The summed E-state index contributed by atoms with van der Waals surface area (Å²) in [4.78, 5) is 14.6. The first-order chi connectivity index (χ1) is 9.83. The molecule has 114 valence electrons. The maximum Gasteiger partial charge on any atom is 0.225 e. The lowest BCUT2D eigenvalue weighted by Crippen LogP contribution is -2.57. The quantitative estimate of drug-likeness (QED) is 0.853. The number of hydrogen-bond acceptors (Lipinski definition) is 3. The van der Waals surface area contributed by atoms with Gasteiger partial charge < -0.3 is 10.1 Å². The van der Waals surface area contributed by atoms with Gasteiger partial charge in [0.25, 0.3) is 0 Å². The molecule has 1 saturated carbocycles. The van der Waals surface area contributed by atoms with Gasteiger partial charge in [-0.3, -0.25) is 9.69 Å². The van der Waals surface area contributed by atoms with E-state index in [9.17, 15) is 4.79 Å². The van der Waals surface area contributed by atoms with Crippen LogP contribution >= 0.6 is 0 Å². The lowest BCUT2D eigenvalue weighted by molar-refractivity contribution is -0.132. The summed E-state index contributed by atoms with van der Waals surface area (Å²) in [5.74, 6) is 1.03. The molecule has 1 N–H and O–H groups in total. The summed E-state index contributed by atoms with van der Waals surface area (Å²) in [6.07, 6.45) is 9.16. The number of carbonyl (C=O) groups excluding carboxylic acids is 1. The summed E-state index contributed by atoms with van der Waals surface area (Å²) in [5.41, 5.74) is 0. The van der Waals surface area contributed by atoms with Crippen molar-refractivity contribution in [3.05, 3.63) is 0 Å². The molecule has 4 nitrogen and oxygen atoms in total. The van der Waals surface area contributed by atoms with E-state index in [2.05, 4.69) is 10.2 Å². The number of carbonyl (C=O) groups is 1. The monoisotopic (exact) mass is 280 g/mol. The lowest BCUT2D eigenvalue weighted by Gasteiger charge is -2.45. The highest BCUT2D eigenvalue weighted by molar-refractivity contribution is 5.80. The SMILES string of the molecule is O=C(NC[C@@H]1CCCOC1)C1CN(C2CCCCC2)C1. The molecule has 3 rings (SSSR count). The lowest BCUT2D eigenvalue weighted by atomic mass is 9.88. The third-order valence-corrected chi connectivity index (χ3v) is 5.19. The molecule has 1 aliphatic carbocycles. The topological polar surface area (TPSA) is 41.6 Å².